The maximum absolute atomic E-state index is 13.4. The topological polar surface area (TPSA) is 28.2 Å². The SMILES string of the molecule is CCNCc1cc(N(CC)c2cccc(F)c2)ncc1Cl. The molecule has 0 aliphatic carbocycles. The zero-order chi connectivity index (χ0) is 15.2. The van der Waals surface area contributed by atoms with Gasteiger partial charge < -0.3 is 10.2 Å². The molecule has 2 aromatic rings. The summed E-state index contributed by atoms with van der Waals surface area (Å²) in [4.78, 5) is 6.32. The Morgan fingerprint density at radius 3 is 2.76 bits per heavy atom. The van der Waals surface area contributed by atoms with Crippen LogP contribution in [0.1, 0.15) is 19.4 Å². The first kappa shape index (κ1) is 15.7. The first-order chi connectivity index (χ1) is 10.2. The minimum absolute atomic E-state index is 0.257. The van der Waals surface area contributed by atoms with E-state index in [0.29, 0.717) is 18.1 Å². The van der Waals surface area contributed by atoms with Gasteiger partial charge in [-0.15, -0.1) is 0 Å². The number of nitrogens with one attached hydrogen (secondary N) is 1. The summed E-state index contributed by atoms with van der Waals surface area (Å²) >= 11 is 6.17. The van der Waals surface area contributed by atoms with E-state index < -0.39 is 0 Å². The molecule has 0 amide bonds. The van der Waals surface area contributed by atoms with E-state index in [9.17, 15) is 4.39 Å². The first-order valence-electron chi connectivity index (χ1n) is 7.04. The van der Waals surface area contributed by atoms with E-state index >= 15 is 0 Å². The predicted octanol–water partition coefficient (Wildman–Crippen LogP) is 4.14. The Morgan fingerprint density at radius 2 is 2.10 bits per heavy atom. The fourth-order valence-electron chi connectivity index (χ4n) is 2.13. The Kier molecular flexibility index (Phi) is 5.53. The van der Waals surface area contributed by atoms with Crippen LogP contribution in [0.5, 0.6) is 0 Å². The zero-order valence-electron chi connectivity index (χ0n) is 12.2. The van der Waals surface area contributed by atoms with Crippen LogP contribution >= 0.6 is 11.6 Å². The number of nitrogens with zero attached hydrogens (tertiary/aromatic N) is 2. The Bertz CT molecular complexity index is 604. The Hall–Kier alpha value is -1.65. The fourth-order valence-corrected chi connectivity index (χ4v) is 2.30. The molecule has 1 heterocycles. The van der Waals surface area contributed by atoms with Crippen LogP contribution in [-0.2, 0) is 6.54 Å². The standard InChI is InChI=1S/C16H19ClFN3/c1-3-19-10-12-8-16(20-11-15(12)17)21(4-2)14-7-5-6-13(18)9-14/h5-9,11,19H,3-4,10H2,1-2H3. The molecule has 112 valence electrons. The van der Waals surface area contributed by atoms with Crippen molar-refractivity contribution in [2.75, 3.05) is 18.0 Å². The second kappa shape index (κ2) is 7.38. The lowest BCUT2D eigenvalue weighted by Gasteiger charge is -2.23. The zero-order valence-corrected chi connectivity index (χ0v) is 13.0. The summed E-state index contributed by atoms with van der Waals surface area (Å²) in [5.41, 5.74) is 1.76. The van der Waals surface area contributed by atoms with Crippen molar-refractivity contribution in [3.8, 4) is 0 Å². The van der Waals surface area contributed by atoms with Crippen molar-refractivity contribution in [3.63, 3.8) is 0 Å². The summed E-state index contributed by atoms with van der Waals surface area (Å²) in [6, 6.07) is 8.45. The Labute approximate surface area is 129 Å². The van der Waals surface area contributed by atoms with Crippen molar-refractivity contribution in [1.29, 1.82) is 0 Å². The first-order valence-corrected chi connectivity index (χ1v) is 7.41. The molecule has 0 radical (unpaired) electrons. The van der Waals surface area contributed by atoms with Gasteiger partial charge in [0.1, 0.15) is 11.6 Å². The van der Waals surface area contributed by atoms with Crippen molar-refractivity contribution in [2.45, 2.75) is 20.4 Å². The minimum atomic E-state index is -0.257. The van der Waals surface area contributed by atoms with Gasteiger partial charge in [-0.2, -0.15) is 0 Å². The van der Waals surface area contributed by atoms with E-state index in [4.69, 9.17) is 11.6 Å². The van der Waals surface area contributed by atoms with Gasteiger partial charge in [0.05, 0.1) is 5.02 Å². The predicted molar refractivity (Wildman–Crippen MR) is 85.7 cm³/mol. The Morgan fingerprint density at radius 1 is 1.29 bits per heavy atom. The number of aromatic nitrogens is 1. The maximum atomic E-state index is 13.4. The van der Waals surface area contributed by atoms with Crippen molar-refractivity contribution in [3.05, 3.63) is 52.9 Å². The lowest BCUT2D eigenvalue weighted by Crippen LogP contribution is -2.19. The molecule has 1 N–H and O–H groups in total. The van der Waals surface area contributed by atoms with Crippen LogP contribution in [0.3, 0.4) is 0 Å². The van der Waals surface area contributed by atoms with Gasteiger partial charge >= 0.3 is 0 Å². The van der Waals surface area contributed by atoms with Gasteiger partial charge in [-0.25, -0.2) is 9.37 Å². The Balaban J connectivity index is 2.34. The lowest BCUT2D eigenvalue weighted by atomic mass is 10.2. The molecule has 1 aromatic heterocycles. The molecule has 0 aliphatic heterocycles. The molecule has 0 spiro atoms. The molecule has 0 atom stereocenters. The number of halogens is 2. The quantitative estimate of drug-likeness (QED) is 0.869. The average molecular weight is 308 g/mol. The summed E-state index contributed by atoms with van der Waals surface area (Å²) in [6.45, 7) is 6.30. The molecule has 0 fully saturated rings. The highest BCUT2D eigenvalue weighted by Gasteiger charge is 2.11. The number of pyridine rings is 1. The van der Waals surface area contributed by atoms with Gasteiger partial charge in [0.2, 0.25) is 0 Å². The highest BCUT2D eigenvalue weighted by Crippen LogP contribution is 2.27. The van der Waals surface area contributed by atoms with Gasteiger partial charge in [-0.3, -0.25) is 0 Å². The van der Waals surface area contributed by atoms with Gasteiger partial charge in [0.25, 0.3) is 0 Å². The molecule has 5 heteroatoms. The van der Waals surface area contributed by atoms with Crippen LogP contribution in [0, 0.1) is 5.82 Å². The second-order valence-corrected chi connectivity index (χ2v) is 5.05. The smallest absolute Gasteiger partial charge is 0.133 e. The second-order valence-electron chi connectivity index (χ2n) is 4.64. The van der Waals surface area contributed by atoms with Crippen LogP contribution in [-0.4, -0.2) is 18.1 Å². The van der Waals surface area contributed by atoms with E-state index in [2.05, 4.69) is 10.3 Å². The summed E-state index contributed by atoms with van der Waals surface area (Å²) in [5.74, 6) is 0.508. The highest BCUT2D eigenvalue weighted by molar-refractivity contribution is 6.31. The van der Waals surface area contributed by atoms with Crippen LogP contribution < -0.4 is 10.2 Å². The summed E-state index contributed by atoms with van der Waals surface area (Å²) in [7, 11) is 0. The molecule has 21 heavy (non-hydrogen) atoms. The van der Waals surface area contributed by atoms with Crippen LogP contribution in [0.4, 0.5) is 15.9 Å². The number of anilines is 2. The molecule has 3 nitrogen and oxygen atoms in total. The number of hydrogen-bond donors (Lipinski definition) is 1. The molecular formula is C16H19ClFN3. The van der Waals surface area contributed by atoms with Crippen molar-refractivity contribution >= 4 is 23.1 Å². The van der Waals surface area contributed by atoms with E-state index in [1.165, 1.54) is 12.1 Å². The monoisotopic (exact) mass is 307 g/mol. The lowest BCUT2D eigenvalue weighted by molar-refractivity contribution is 0.627. The summed E-state index contributed by atoms with van der Waals surface area (Å²) in [5, 5.41) is 3.88. The number of benzene rings is 1. The molecule has 2 rings (SSSR count). The van der Waals surface area contributed by atoms with Crippen LogP contribution in [0.15, 0.2) is 36.5 Å². The third-order valence-electron chi connectivity index (χ3n) is 3.20. The number of hydrogen-bond acceptors (Lipinski definition) is 3. The largest absolute Gasteiger partial charge is 0.327 e. The van der Waals surface area contributed by atoms with Crippen molar-refractivity contribution in [2.24, 2.45) is 0 Å². The van der Waals surface area contributed by atoms with Gasteiger partial charge in [0, 0.05) is 25.0 Å². The van der Waals surface area contributed by atoms with E-state index in [1.807, 2.05) is 30.9 Å². The molecular weight excluding hydrogens is 289 g/mol. The van der Waals surface area contributed by atoms with Crippen molar-refractivity contribution in [1.82, 2.24) is 10.3 Å². The third kappa shape index (κ3) is 3.93. The van der Waals surface area contributed by atoms with Gasteiger partial charge in [-0.05, 0) is 43.3 Å². The minimum Gasteiger partial charge on any atom is -0.327 e. The summed E-state index contributed by atoms with van der Waals surface area (Å²) < 4.78 is 13.4. The van der Waals surface area contributed by atoms with E-state index in [1.54, 1.807) is 12.3 Å². The van der Waals surface area contributed by atoms with E-state index in [-0.39, 0.29) is 5.82 Å². The van der Waals surface area contributed by atoms with Crippen molar-refractivity contribution < 1.29 is 4.39 Å². The van der Waals surface area contributed by atoms with Gasteiger partial charge in [-0.1, -0.05) is 24.6 Å². The molecule has 1 aromatic carbocycles. The van der Waals surface area contributed by atoms with Crippen LogP contribution in [0.2, 0.25) is 5.02 Å². The molecule has 0 aliphatic rings. The maximum Gasteiger partial charge on any atom is 0.133 e. The molecule has 0 unspecified atom stereocenters. The molecule has 0 saturated carbocycles. The molecule has 0 saturated heterocycles. The average Bonchev–Trinajstić information content (AvgIpc) is 2.48. The van der Waals surface area contributed by atoms with Crippen LogP contribution in [0.25, 0.3) is 0 Å². The summed E-state index contributed by atoms with van der Waals surface area (Å²) in [6.07, 6.45) is 1.64. The van der Waals surface area contributed by atoms with E-state index in [0.717, 1.165) is 23.6 Å². The highest BCUT2D eigenvalue weighted by atomic mass is 35.5. The molecule has 0 bridgehead atoms. The third-order valence-corrected chi connectivity index (χ3v) is 3.54. The van der Waals surface area contributed by atoms with Gasteiger partial charge in [0.15, 0.2) is 0 Å². The normalized spacial score (nSPS) is 10.7. The number of rotatable bonds is 6. The fraction of sp³-hybridized carbons (Fsp3) is 0.312.